The van der Waals surface area contributed by atoms with Gasteiger partial charge in [0.2, 0.25) is 11.8 Å². The highest BCUT2D eigenvalue weighted by molar-refractivity contribution is 6.21. The summed E-state index contributed by atoms with van der Waals surface area (Å²) in [6.45, 7) is 2.89. The summed E-state index contributed by atoms with van der Waals surface area (Å²) in [6.07, 6.45) is 4.25. The smallest absolute Gasteiger partial charge is 0.246 e. The highest BCUT2D eigenvalue weighted by Crippen LogP contribution is 2.47. The van der Waals surface area contributed by atoms with Crippen LogP contribution in [0.4, 0.5) is 4.39 Å². The first-order valence-corrected chi connectivity index (χ1v) is 12.6. The number of nitrogens with one attached hydrogen (secondary N) is 3. The molecule has 1 aliphatic heterocycles. The minimum atomic E-state index is -1.11. The largest absolute Gasteiger partial charge is 0.391 e. The molecule has 6 atom stereocenters. The van der Waals surface area contributed by atoms with E-state index in [1.54, 1.807) is 0 Å². The highest BCUT2D eigenvalue weighted by Gasteiger charge is 2.55. The summed E-state index contributed by atoms with van der Waals surface area (Å²) in [5, 5.41) is 20.0. The summed E-state index contributed by atoms with van der Waals surface area (Å²) >= 11 is 5.91. The van der Waals surface area contributed by atoms with Gasteiger partial charge in [0, 0.05) is 12.0 Å². The molecule has 182 valence electrons. The van der Waals surface area contributed by atoms with Crippen LogP contribution >= 0.6 is 11.6 Å². The van der Waals surface area contributed by atoms with Crippen molar-refractivity contribution in [2.45, 2.75) is 112 Å². The van der Waals surface area contributed by atoms with Crippen LogP contribution in [-0.4, -0.2) is 70.9 Å². The monoisotopic (exact) mass is 473 g/mol. The van der Waals surface area contributed by atoms with Crippen molar-refractivity contribution in [3.05, 3.63) is 0 Å². The number of rotatable bonds is 6. The number of carbonyl (C=O) groups is 2. The molecule has 5 fully saturated rings. The Hall–Kier alpha value is -0.960. The molecule has 5 aliphatic rings. The zero-order valence-electron chi connectivity index (χ0n) is 18.9. The second-order valence-corrected chi connectivity index (χ2v) is 11.2. The van der Waals surface area contributed by atoms with Gasteiger partial charge < -0.3 is 25.8 Å². The predicted molar refractivity (Wildman–Crippen MR) is 119 cm³/mol. The average molecular weight is 474 g/mol. The molecule has 5 unspecified atom stereocenters. The van der Waals surface area contributed by atoms with Crippen molar-refractivity contribution in [2.75, 3.05) is 13.2 Å². The molecule has 4 N–H and O–H groups in total. The molecule has 0 spiro atoms. The van der Waals surface area contributed by atoms with E-state index in [2.05, 4.69) is 22.9 Å². The summed E-state index contributed by atoms with van der Waals surface area (Å²) in [6, 6.07) is -0.166. The van der Waals surface area contributed by atoms with E-state index in [0.717, 1.165) is 32.2 Å². The second kappa shape index (κ2) is 9.72. The summed E-state index contributed by atoms with van der Waals surface area (Å²) in [4.78, 5) is 25.4. The van der Waals surface area contributed by atoms with Gasteiger partial charge in [0.05, 0.1) is 29.2 Å². The number of hydrogen-bond acceptors (Lipinski definition) is 5. The number of hydrogen-bond donors (Lipinski definition) is 4. The van der Waals surface area contributed by atoms with E-state index >= 15 is 0 Å². The highest BCUT2D eigenvalue weighted by atomic mass is 35.5. The van der Waals surface area contributed by atoms with Crippen LogP contribution in [0.15, 0.2) is 0 Å². The Bertz CT molecular complexity index is 695. The lowest BCUT2D eigenvalue weighted by molar-refractivity contribution is -0.140. The first kappa shape index (κ1) is 24.2. The number of aliphatic hydroxyl groups excluding tert-OH is 1. The molecule has 5 rings (SSSR count). The van der Waals surface area contributed by atoms with Crippen molar-refractivity contribution in [2.24, 2.45) is 5.92 Å². The van der Waals surface area contributed by atoms with E-state index in [4.69, 9.17) is 16.3 Å². The molecule has 7 nitrogen and oxygen atoms in total. The van der Waals surface area contributed by atoms with Gasteiger partial charge in [0.1, 0.15) is 12.8 Å². The molecule has 9 heteroatoms. The van der Waals surface area contributed by atoms with Gasteiger partial charge in [-0.05, 0) is 70.3 Å². The number of fused-ring (bicyclic) bond motifs is 3. The maximum Gasteiger partial charge on any atom is 0.246 e. The van der Waals surface area contributed by atoms with Gasteiger partial charge in [-0.1, -0.05) is 6.92 Å². The Kier molecular flexibility index (Phi) is 7.35. The van der Waals surface area contributed by atoms with Gasteiger partial charge in [-0.3, -0.25) is 9.59 Å². The molecule has 32 heavy (non-hydrogen) atoms. The molecule has 0 radical (unpaired) electrons. The van der Waals surface area contributed by atoms with Crippen LogP contribution < -0.4 is 16.0 Å². The SMILES string of the molecule is CC1CCC(C(=O)NC23CCC(NC(=O)COC4CCC(Cl)C(F)C4)(CC2)[C@@H](O)C3)NC1. The molecular formula is C23H37ClFN3O4. The van der Waals surface area contributed by atoms with Crippen molar-refractivity contribution in [1.82, 2.24) is 16.0 Å². The lowest BCUT2D eigenvalue weighted by Gasteiger charge is -2.56. The van der Waals surface area contributed by atoms with E-state index in [1.165, 1.54) is 0 Å². The maximum absolute atomic E-state index is 13.8. The van der Waals surface area contributed by atoms with E-state index < -0.39 is 28.7 Å². The number of carbonyl (C=O) groups excluding carboxylic acids is 2. The number of alkyl halides is 2. The topological polar surface area (TPSA) is 99.7 Å². The summed E-state index contributed by atoms with van der Waals surface area (Å²) < 4.78 is 19.4. The van der Waals surface area contributed by atoms with Crippen LogP contribution in [0.1, 0.15) is 71.1 Å². The molecular weight excluding hydrogens is 437 g/mol. The minimum absolute atomic E-state index is 0.0220. The second-order valence-electron chi connectivity index (χ2n) is 10.6. The normalized spacial score (nSPS) is 44.1. The number of halogens is 2. The zero-order chi connectivity index (χ0) is 22.9. The van der Waals surface area contributed by atoms with Crippen molar-refractivity contribution < 1.29 is 23.8 Å². The molecule has 2 bridgehead atoms. The number of piperidine rings is 1. The third kappa shape index (κ3) is 5.24. The lowest BCUT2D eigenvalue weighted by Crippen LogP contribution is -2.71. The first-order valence-electron chi connectivity index (χ1n) is 12.1. The van der Waals surface area contributed by atoms with Crippen LogP contribution in [-0.2, 0) is 14.3 Å². The van der Waals surface area contributed by atoms with Crippen molar-refractivity contribution >= 4 is 23.4 Å². The minimum Gasteiger partial charge on any atom is -0.391 e. The van der Waals surface area contributed by atoms with Crippen LogP contribution in [0.2, 0.25) is 0 Å². The predicted octanol–water partition coefficient (Wildman–Crippen LogP) is 1.94. The molecule has 4 aliphatic carbocycles. The summed E-state index contributed by atoms with van der Waals surface area (Å²) in [7, 11) is 0. The van der Waals surface area contributed by atoms with Crippen molar-refractivity contribution in [3.8, 4) is 0 Å². The summed E-state index contributed by atoms with van der Waals surface area (Å²) in [5.74, 6) is 0.325. The van der Waals surface area contributed by atoms with Gasteiger partial charge >= 0.3 is 0 Å². The Morgan fingerprint density at radius 2 is 1.91 bits per heavy atom. The zero-order valence-corrected chi connectivity index (χ0v) is 19.6. The molecule has 1 heterocycles. The summed E-state index contributed by atoms with van der Waals surface area (Å²) in [5.41, 5.74) is -1.08. The molecule has 0 aromatic carbocycles. The fourth-order valence-corrected chi connectivity index (χ4v) is 6.16. The fraction of sp³-hybridized carbons (Fsp3) is 0.913. The van der Waals surface area contributed by atoms with Crippen LogP contribution in [0, 0.1) is 5.92 Å². The number of amides is 2. The van der Waals surface area contributed by atoms with Gasteiger partial charge in [0.15, 0.2) is 0 Å². The number of ether oxygens (including phenoxy) is 1. The van der Waals surface area contributed by atoms with Gasteiger partial charge in [0.25, 0.3) is 0 Å². The lowest BCUT2D eigenvalue weighted by atomic mass is 9.59. The average Bonchev–Trinajstić information content (AvgIpc) is 2.76. The van der Waals surface area contributed by atoms with E-state index in [9.17, 15) is 19.1 Å². The molecule has 2 amide bonds. The Morgan fingerprint density at radius 1 is 1.16 bits per heavy atom. The van der Waals surface area contributed by atoms with Gasteiger partial charge in [-0.25, -0.2) is 4.39 Å². The van der Waals surface area contributed by atoms with E-state index in [-0.39, 0.29) is 37.0 Å². The molecule has 1 saturated heterocycles. The molecule has 4 saturated carbocycles. The van der Waals surface area contributed by atoms with E-state index in [0.29, 0.717) is 38.0 Å². The standard InChI is InChI=1S/C23H37ClFN3O4/c1-14-2-5-18(26-12-14)21(31)28-22-6-8-23(9-7-22,19(29)11-22)27-20(30)13-32-15-3-4-16(24)17(25)10-15/h14-19,26,29H,2-13H2,1H3,(H,27,30)(H,28,31)/t14?,15?,16?,17?,18?,19-,22?,23?/m0/s1. The van der Waals surface area contributed by atoms with Crippen LogP contribution in [0.5, 0.6) is 0 Å². The van der Waals surface area contributed by atoms with Gasteiger partial charge in [-0.2, -0.15) is 0 Å². The molecule has 0 aromatic heterocycles. The van der Waals surface area contributed by atoms with Gasteiger partial charge in [-0.15, -0.1) is 11.6 Å². The number of aliphatic hydroxyl groups is 1. The van der Waals surface area contributed by atoms with Crippen LogP contribution in [0.25, 0.3) is 0 Å². The maximum atomic E-state index is 13.8. The molecule has 0 aromatic rings. The Balaban J connectivity index is 1.26. The first-order chi connectivity index (χ1) is 15.2. The third-order valence-corrected chi connectivity index (χ3v) is 8.66. The quantitative estimate of drug-likeness (QED) is 0.442. The van der Waals surface area contributed by atoms with Crippen LogP contribution in [0.3, 0.4) is 0 Å². The Labute approximate surface area is 194 Å². The van der Waals surface area contributed by atoms with E-state index in [1.807, 2.05) is 0 Å². The fourth-order valence-electron chi connectivity index (χ4n) is 5.93. The Morgan fingerprint density at radius 3 is 2.53 bits per heavy atom. The van der Waals surface area contributed by atoms with Crippen molar-refractivity contribution in [3.63, 3.8) is 0 Å². The van der Waals surface area contributed by atoms with Crippen molar-refractivity contribution in [1.29, 1.82) is 0 Å². The third-order valence-electron chi connectivity index (χ3n) is 8.17.